The molecule has 0 aromatic heterocycles. The van der Waals surface area contributed by atoms with E-state index in [1.54, 1.807) is 0 Å². The van der Waals surface area contributed by atoms with Crippen LogP contribution in [0.3, 0.4) is 0 Å². The molecule has 1 aliphatic rings. The van der Waals surface area contributed by atoms with Gasteiger partial charge in [0.1, 0.15) is 0 Å². The van der Waals surface area contributed by atoms with Gasteiger partial charge in [0.25, 0.3) is 0 Å². The standard InChI is InChI=1S/C13H26N2O2/c1-3-17-9-5-8-14-13(16)15-12-7-4-6-11(2)10-12/h11-12H,3-10H2,1-2H3,(H2,14,15,16). The van der Waals surface area contributed by atoms with Crippen molar-refractivity contribution in [2.45, 2.75) is 52.0 Å². The molecular formula is C13H26N2O2. The average Bonchev–Trinajstić information content (AvgIpc) is 2.29. The summed E-state index contributed by atoms with van der Waals surface area (Å²) in [5.41, 5.74) is 0. The number of amides is 2. The van der Waals surface area contributed by atoms with E-state index in [1.807, 2.05) is 6.92 Å². The number of carbonyl (C=O) groups is 1. The lowest BCUT2D eigenvalue weighted by Gasteiger charge is -2.27. The highest BCUT2D eigenvalue weighted by Gasteiger charge is 2.19. The Kier molecular flexibility index (Phi) is 7.01. The number of ether oxygens (including phenoxy) is 1. The molecule has 1 fully saturated rings. The molecule has 0 heterocycles. The van der Waals surface area contributed by atoms with Gasteiger partial charge in [-0.15, -0.1) is 0 Å². The van der Waals surface area contributed by atoms with Crippen molar-refractivity contribution in [3.05, 3.63) is 0 Å². The van der Waals surface area contributed by atoms with E-state index in [-0.39, 0.29) is 6.03 Å². The van der Waals surface area contributed by atoms with Gasteiger partial charge >= 0.3 is 6.03 Å². The molecule has 1 saturated carbocycles. The van der Waals surface area contributed by atoms with Gasteiger partial charge in [-0.3, -0.25) is 0 Å². The van der Waals surface area contributed by atoms with Gasteiger partial charge in [0.2, 0.25) is 0 Å². The number of hydrogen-bond donors (Lipinski definition) is 2. The summed E-state index contributed by atoms with van der Waals surface area (Å²) in [7, 11) is 0. The van der Waals surface area contributed by atoms with Crippen molar-refractivity contribution in [1.82, 2.24) is 10.6 Å². The Hall–Kier alpha value is -0.770. The van der Waals surface area contributed by atoms with Crippen LogP contribution >= 0.6 is 0 Å². The first-order valence-corrected chi connectivity index (χ1v) is 6.84. The highest BCUT2D eigenvalue weighted by Crippen LogP contribution is 2.23. The predicted octanol–water partition coefficient (Wildman–Crippen LogP) is 2.29. The zero-order valence-electron chi connectivity index (χ0n) is 11.1. The summed E-state index contributed by atoms with van der Waals surface area (Å²) >= 11 is 0. The molecule has 0 saturated heterocycles. The second-order valence-electron chi connectivity index (χ2n) is 4.92. The maximum absolute atomic E-state index is 11.6. The molecule has 4 heteroatoms. The summed E-state index contributed by atoms with van der Waals surface area (Å²) in [5.74, 6) is 0.743. The van der Waals surface area contributed by atoms with Crippen molar-refractivity contribution in [2.24, 2.45) is 5.92 Å². The smallest absolute Gasteiger partial charge is 0.315 e. The molecule has 2 atom stereocenters. The lowest BCUT2D eigenvalue weighted by Crippen LogP contribution is -2.44. The van der Waals surface area contributed by atoms with E-state index in [2.05, 4.69) is 17.6 Å². The minimum atomic E-state index is -0.0272. The Balaban J connectivity index is 2.04. The van der Waals surface area contributed by atoms with Crippen LogP contribution < -0.4 is 10.6 Å². The first kappa shape index (κ1) is 14.3. The highest BCUT2D eigenvalue weighted by atomic mass is 16.5. The molecule has 2 N–H and O–H groups in total. The fourth-order valence-corrected chi connectivity index (χ4v) is 2.32. The third kappa shape index (κ3) is 6.51. The van der Waals surface area contributed by atoms with E-state index in [4.69, 9.17) is 4.74 Å². The van der Waals surface area contributed by atoms with Gasteiger partial charge in [0, 0.05) is 25.8 Å². The third-order valence-corrected chi connectivity index (χ3v) is 3.23. The van der Waals surface area contributed by atoms with Crippen molar-refractivity contribution in [2.75, 3.05) is 19.8 Å². The van der Waals surface area contributed by atoms with Crippen molar-refractivity contribution >= 4 is 6.03 Å². The second-order valence-corrected chi connectivity index (χ2v) is 4.92. The van der Waals surface area contributed by atoms with Crippen LogP contribution in [0.5, 0.6) is 0 Å². The molecule has 1 rings (SSSR count). The summed E-state index contributed by atoms with van der Waals surface area (Å²) < 4.78 is 5.21. The quantitative estimate of drug-likeness (QED) is 0.702. The summed E-state index contributed by atoms with van der Waals surface area (Å²) in [4.78, 5) is 11.6. The van der Waals surface area contributed by atoms with E-state index in [0.29, 0.717) is 12.6 Å². The van der Waals surface area contributed by atoms with Crippen molar-refractivity contribution in [3.63, 3.8) is 0 Å². The number of nitrogens with one attached hydrogen (secondary N) is 2. The molecule has 0 radical (unpaired) electrons. The topological polar surface area (TPSA) is 50.4 Å². The molecule has 0 spiro atoms. The second kappa shape index (κ2) is 8.34. The third-order valence-electron chi connectivity index (χ3n) is 3.23. The summed E-state index contributed by atoms with van der Waals surface area (Å²) in [5, 5.41) is 5.92. The van der Waals surface area contributed by atoms with Crippen LogP contribution in [0, 0.1) is 5.92 Å². The van der Waals surface area contributed by atoms with Crippen molar-refractivity contribution < 1.29 is 9.53 Å². The van der Waals surface area contributed by atoms with Crippen LogP contribution in [0.1, 0.15) is 46.0 Å². The van der Waals surface area contributed by atoms with Gasteiger partial charge in [-0.1, -0.05) is 19.8 Å². The largest absolute Gasteiger partial charge is 0.382 e. The maximum atomic E-state index is 11.6. The van der Waals surface area contributed by atoms with Crippen LogP contribution in [-0.2, 0) is 4.74 Å². The van der Waals surface area contributed by atoms with E-state index >= 15 is 0 Å². The highest BCUT2D eigenvalue weighted by molar-refractivity contribution is 5.74. The predicted molar refractivity (Wildman–Crippen MR) is 69.1 cm³/mol. The van der Waals surface area contributed by atoms with Gasteiger partial charge in [0.15, 0.2) is 0 Å². The molecule has 2 unspecified atom stereocenters. The minimum absolute atomic E-state index is 0.0272. The molecule has 4 nitrogen and oxygen atoms in total. The van der Waals surface area contributed by atoms with E-state index < -0.39 is 0 Å². The zero-order chi connectivity index (χ0) is 12.5. The van der Waals surface area contributed by atoms with Crippen LogP contribution in [0.2, 0.25) is 0 Å². The normalized spacial score (nSPS) is 24.4. The number of carbonyl (C=O) groups excluding carboxylic acids is 1. The van der Waals surface area contributed by atoms with Gasteiger partial charge in [-0.25, -0.2) is 4.79 Å². The van der Waals surface area contributed by atoms with E-state index in [0.717, 1.165) is 38.4 Å². The van der Waals surface area contributed by atoms with Gasteiger partial charge in [0.05, 0.1) is 0 Å². The van der Waals surface area contributed by atoms with Gasteiger partial charge in [-0.2, -0.15) is 0 Å². The van der Waals surface area contributed by atoms with Crippen LogP contribution in [0.4, 0.5) is 4.79 Å². The van der Waals surface area contributed by atoms with Crippen molar-refractivity contribution in [3.8, 4) is 0 Å². The Morgan fingerprint density at radius 1 is 1.41 bits per heavy atom. The first-order valence-electron chi connectivity index (χ1n) is 6.84. The Labute approximate surface area is 104 Å². The first-order chi connectivity index (χ1) is 8.22. The molecular weight excluding hydrogens is 216 g/mol. The lowest BCUT2D eigenvalue weighted by atomic mass is 9.87. The molecule has 1 aliphatic carbocycles. The number of rotatable bonds is 6. The van der Waals surface area contributed by atoms with Crippen LogP contribution in [-0.4, -0.2) is 31.8 Å². The van der Waals surface area contributed by atoms with E-state index in [1.165, 1.54) is 12.8 Å². The molecule has 0 aliphatic heterocycles. The van der Waals surface area contributed by atoms with Gasteiger partial charge in [-0.05, 0) is 32.1 Å². The Morgan fingerprint density at radius 3 is 2.94 bits per heavy atom. The monoisotopic (exact) mass is 242 g/mol. The maximum Gasteiger partial charge on any atom is 0.315 e. The summed E-state index contributed by atoms with van der Waals surface area (Å²) in [6.45, 7) is 6.38. The number of hydrogen-bond acceptors (Lipinski definition) is 2. The summed E-state index contributed by atoms with van der Waals surface area (Å²) in [6, 6.07) is 0.339. The zero-order valence-corrected chi connectivity index (χ0v) is 11.1. The van der Waals surface area contributed by atoms with Crippen molar-refractivity contribution in [1.29, 1.82) is 0 Å². The molecule has 0 aromatic rings. The summed E-state index contributed by atoms with van der Waals surface area (Å²) in [6.07, 6.45) is 5.65. The molecule has 17 heavy (non-hydrogen) atoms. The van der Waals surface area contributed by atoms with E-state index in [9.17, 15) is 4.79 Å². The molecule has 2 amide bonds. The Bertz CT molecular complexity index is 221. The number of urea groups is 1. The molecule has 100 valence electrons. The molecule has 0 aromatic carbocycles. The fraction of sp³-hybridized carbons (Fsp3) is 0.923. The lowest BCUT2D eigenvalue weighted by molar-refractivity contribution is 0.145. The van der Waals surface area contributed by atoms with Gasteiger partial charge < -0.3 is 15.4 Å². The minimum Gasteiger partial charge on any atom is -0.382 e. The van der Waals surface area contributed by atoms with Crippen LogP contribution in [0.25, 0.3) is 0 Å². The average molecular weight is 242 g/mol. The SMILES string of the molecule is CCOCCCNC(=O)NC1CCCC(C)C1. The fourth-order valence-electron chi connectivity index (χ4n) is 2.32. The van der Waals surface area contributed by atoms with Crippen LogP contribution in [0.15, 0.2) is 0 Å². The molecule has 0 bridgehead atoms. The Morgan fingerprint density at radius 2 is 2.24 bits per heavy atom.